The van der Waals surface area contributed by atoms with Gasteiger partial charge in [-0.1, -0.05) is 0 Å². The van der Waals surface area contributed by atoms with Crippen molar-refractivity contribution in [2.75, 3.05) is 19.7 Å². The Kier molecular flexibility index (Phi) is 8.13. The van der Waals surface area contributed by atoms with E-state index in [0.29, 0.717) is 19.6 Å². The molecule has 1 atom stereocenters. The third kappa shape index (κ3) is 10.3. The van der Waals surface area contributed by atoms with E-state index in [4.69, 9.17) is 4.74 Å². The monoisotopic (exact) mass is 284 g/mol. The third-order valence-electron chi connectivity index (χ3n) is 2.17. The summed E-state index contributed by atoms with van der Waals surface area (Å²) in [4.78, 5) is 22.2. The number of amides is 1. The van der Waals surface area contributed by atoms with Gasteiger partial charge in [-0.25, -0.2) is 0 Å². The van der Waals surface area contributed by atoms with Crippen molar-refractivity contribution >= 4 is 11.9 Å². The number of halogens is 3. The topological polar surface area (TPSA) is 67.4 Å². The van der Waals surface area contributed by atoms with Crippen LogP contribution in [-0.2, 0) is 14.3 Å². The highest BCUT2D eigenvalue weighted by molar-refractivity contribution is 5.81. The van der Waals surface area contributed by atoms with E-state index >= 15 is 0 Å². The summed E-state index contributed by atoms with van der Waals surface area (Å²) in [5.74, 6) is -1.06. The average Bonchev–Trinajstić information content (AvgIpc) is 2.30. The number of carbonyl (C=O) groups is 2. The highest BCUT2D eigenvalue weighted by Gasteiger charge is 2.28. The number of nitrogens with one attached hydrogen (secondary N) is 2. The van der Waals surface area contributed by atoms with Gasteiger partial charge in [-0.2, -0.15) is 13.2 Å². The number of carbonyl (C=O) groups excluding carboxylic acids is 2. The first-order chi connectivity index (χ1) is 8.76. The molecule has 0 aromatic rings. The summed E-state index contributed by atoms with van der Waals surface area (Å²) in [5.41, 5.74) is 0. The minimum Gasteiger partial charge on any atom is -0.466 e. The molecule has 112 valence electrons. The minimum atomic E-state index is -4.42. The van der Waals surface area contributed by atoms with E-state index in [1.807, 2.05) is 0 Å². The van der Waals surface area contributed by atoms with Crippen LogP contribution in [-0.4, -0.2) is 43.8 Å². The van der Waals surface area contributed by atoms with Gasteiger partial charge in [0.2, 0.25) is 5.91 Å². The van der Waals surface area contributed by atoms with Crippen LogP contribution in [0, 0.1) is 0 Å². The van der Waals surface area contributed by atoms with E-state index in [0.717, 1.165) is 0 Å². The second-order valence-electron chi connectivity index (χ2n) is 3.92. The van der Waals surface area contributed by atoms with E-state index in [1.165, 1.54) is 6.92 Å². The first kappa shape index (κ1) is 17.7. The van der Waals surface area contributed by atoms with Gasteiger partial charge in [0.05, 0.1) is 12.6 Å². The lowest BCUT2D eigenvalue weighted by molar-refractivity contribution is -0.143. The summed E-state index contributed by atoms with van der Waals surface area (Å²) in [6.07, 6.45) is -3.76. The van der Waals surface area contributed by atoms with E-state index in [1.54, 1.807) is 12.2 Å². The molecule has 0 saturated heterocycles. The molecule has 0 aliphatic heterocycles. The van der Waals surface area contributed by atoms with E-state index < -0.39 is 24.7 Å². The summed E-state index contributed by atoms with van der Waals surface area (Å²) < 4.78 is 40.3. The van der Waals surface area contributed by atoms with Crippen molar-refractivity contribution in [2.45, 2.75) is 38.9 Å². The van der Waals surface area contributed by atoms with Gasteiger partial charge in [-0.05, 0) is 26.8 Å². The Morgan fingerprint density at radius 1 is 1.32 bits per heavy atom. The molecule has 0 heterocycles. The van der Waals surface area contributed by atoms with E-state index in [-0.39, 0.29) is 12.4 Å². The first-order valence-corrected chi connectivity index (χ1v) is 5.99. The standard InChI is InChI=1S/C11H19F3N2O3/c1-3-19-9(17)5-4-6-15-8(2)10(18)16-7-11(12,13)14/h8,15H,3-7H2,1-2H3,(H,16,18). The molecule has 2 N–H and O–H groups in total. The van der Waals surface area contributed by atoms with Crippen molar-refractivity contribution in [3.05, 3.63) is 0 Å². The molecule has 0 fully saturated rings. The fourth-order valence-electron chi connectivity index (χ4n) is 1.22. The molecule has 0 spiro atoms. The number of esters is 1. The summed E-state index contributed by atoms with van der Waals surface area (Å²) in [7, 11) is 0. The predicted molar refractivity (Wildman–Crippen MR) is 62.4 cm³/mol. The molecule has 19 heavy (non-hydrogen) atoms. The fourth-order valence-corrected chi connectivity index (χ4v) is 1.22. The van der Waals surface area contributed by atoms with Crippen molar-refractivity contribution in [2.24, 2.45) is 0 Å². The Hall–Kier alpha value is -1.31. The molecular formula is C11H19F3N2O3. The molecule has 0 radical (unpaired) electrons. The van der Waals surface area contributed by atoms with Gasteiger partial charge >= 0.3 is 12.1 Å². The smallest absolute Gasteiger partial charge is 0.405 e. The van der Waals surface area contributed by atoms with Gasteiger partial charge in [0.1, 0.15) is 6.54 Å². The first-order valence-electron chi connectivity index (χ1n) is 5.99. The summed E-state index contributed by atoms with van der Waals surface area (Å²) in [6, 6.07) is -0.746. The summed E-state index contributed by atoms with van der Waals surface area (Å²) in [5, 5.41) is 4.50. The second-order valence-corrected chi connectivity index (χ2v) is 3.92. The largest absolute Gasteiger partial charge is 0.466 e. The summed E-state index contributed by atoms with van der Waals surface area (Å²) in [6.45, 7) is 2.46. The number of hydrogen-bond acceptors (Lipinski definition) is 4. The lowest BCUT2D eigenvalue weighted by Gasteiger charge is -2.14. The average molecular weight is 284 g/mol. The Labute approximate surface area is 109 Å². The zero-order valence-corrected chi connectivity index (χ0v) is 11.0. The van der Waals surface area contributed by atoms with Crippen LogP contribution in [0.5, 0.6) is 0 Å². The normalized spacial score (nSPS) is 12.9. The SMILES string of the molecule is CCOC(=O)CCCNC(C)C(=O)NCC(F)(F)F. The Morgan fingerprint density at radius 2 is 1.95 bits per heavy atom. The van der Waals surface area contributed by atoms with Crippen molar-refractivity contribution in [3.8, 4) is 0 Å². The molecule has 1 unspecified atom stereocenters. The summed E-state index contributed by atoms with van der Waals surface area (Å²) >= 11 is 0. The minimum absolute atomic E-state index is 0.206. The van der Waals surface area contributed by atoms with Crippen LogP contribution < -0.4 is 10.6 Å². The number of alkyl halides is 3. The molecule has 0 rings (SSSR count). The number of ether oxygens (including phenoxy) is 1. The van der Waals surface area contributed by atoms with Gasteiger partial charge < -0.3 is 15.4 Å². The maximum atomic E-state index is 11.9. The zero-order chi connectivity index (χ0) is 14.9. The van der Waals surface area contributed by atoms with Gasteiger partial charge in [0.15, 0.2) is 0 Å². The number of rotatable bonds is 8. The third-order valence-corrected chi connectivity index (χ3v) is 2.17. The fraction of sp³-hybridized carbons (Fsp3) is 0.818. The molecule has 0 saturated carbocycles. The van der Waals surface area contributed by atoms with Crippen molar-refractivity contribution in [1.82, 2.24) is 10.6 Å². The lowest BCUT2D eigenvalue weighted by Crippen LogP contribution is -2.45. The molecule has 0 bridgehead atoms. The Bertz CT molecular complexity index is 295. The predicted octanol–water partition coefficient (Wildman–Crippen LogP) is 0.986. The lowest BCUT2D eigenvalue weighted by atomic mass is 10.2. The van der Waals surface area contributed by atoms with Gasteiger partial charge in [-0.15, -0.1) is 0 Å². The van der Waals surface area contributed by atoms with Crippen molar-refractivity contribution < 1.29 is 27.5 Å². The Balaban J connectivity index is 3.71. The van der Waals surface area contributed by atoms with Gasteiger partial charge in [0, 0.05) is 6.42 Å². The van der Waals surface area contributed by atoms with Crippen molar-refractivity contribution in [1.29, 1.82) is 0 Å². The molecular weight excluding hydrogens is 265 g/mol. The maximum absolute atomic E-state index is 11.9. The Morgan fingerprint density at radius 3 is 2.47 bits per heavy atom. The van der Waals surface area contributed by atoms with Crippen LogP contribution in [0.1, 0.15) is 26.7 Å². The highest BCUT2D eigenvalue weighted by atomic mass is 19.4. The van der Waals surface area contributed by atoms with E-state index in [9.17, 15) is 22.8 Å². The highest BCUT2D eigenvalue weighted by Crippen LogP contribution is 2.12. The molecule has 0 aliphatic carbocycles. The van der Waals surface area contributed by atoms with Crippen LogP contribution in [0.15, 0.2) is 0 Å². The molecule has 0 aliphatic rings. The van der Waals surface area contributed by atoms with Crippen LogP contribution >= 0.6 is 0 Å². The number of hydrogen-bond donors (Lipinski definition) is 2. The van der Waals surface area contributed by atoms with Crippen LogP contribution in [0.3, 0.4) is 0 Å². The molecule has 0 aromatic heterocycles. The van der Waals surface area contributed by atoms with Crippen LogP contribution in [0.25, 0.3) is 0 Å². The van der Waals surface area contributed by atoms with Crippen LogP contribution in [0.4, 0.5) is 13.2 Å². The zero-order valence-electron chi connectivity index (χ0n) is 11.0. The second kappa shape index (κ2) is 8.73. The molecule has 5 nitrogen and oxygen atoms in total. The molecule has 0 aromatic carbocycles. The quantitative estimate of drug-likeness (QED) is 0.515. The van der Waals surface area contributed by atoms with Gasteiger partial charge in [0.25, 0.3) is 0 Å². The molecule has 8 heteroatoms. The van der Waals surface area contributed by atoms with Crippen LogP contribution in [0.2, 0.25) is 0 Å². The maximum Gasteiger partial charge on any atom is 0.405 e. The van der Waals surface area contributed by atoms with Crippen molar-refractivity contribution in [3.63, 3.8) is 0 Å². The van der Waals surface area contributed by atoms with Gasteiger partial charge in [-0.3, -0.25) is 9.59 Å². The van der Waals surface area contributed by atoms with E-state index in [2.05, 4.69) is 5.32 Å². The molecule has 1 amide bonds.